The molecule has 2 aromatic rings. The summed E-state index contributed by atoms with van der Waals surface area (Å²) in [6.45, 7) is 2.65. The van der Waals surface area contributed by atoms with Crippen molar-refractivity contribution in [1.82, 2.24) is 5.32 Å². The van der Waals surface area contributed by atoms with Crippen molar-refractivity contribution in [1.29, 1.82) is 0 Å². The highest BCUT2D eigenvalue weighted by molar-refractivity contribution is 7.80. The van der Waals surface area contributed by atoms with Crippen LogP contribution in [-0.4, -0.2) is 31.3 Å². The minimum atomic E-state index is -0.556. The third-order valence-corrected chi connectivity index (χ3v) is 5.40. The van der Waals surface area contributed by atoms with Crippen LogP contribution in [0.1, 0.15) is 40.7 Å². The summed E-state index contributed by atoms with van der Waals surface area (Å²) in [6, 6.07) is 3.79. The number of nitrogens with one attached hydrogen (secondary N) is 1. The van der Waals surface area contributed by atoms with E-state index in [2.05, 4.69) is 28.9 Å². The lowest BCUT2D eigenvalue weighted by atomic mass is 9.90. The number of thiol groups is 1. The van der Waals surface area contributed by atoms with Gasteiger partial charge in [-0.25, -0.2) is 4.79 Å². The van der Waals surface area contributed by atoms with Crippen molar-refractivity contribution in [2.75, 3.05) is 30.3 Å². The Balaban J connectivity index is 1.80. The Morgan fingerprint density at radius 1 is 1.24 bits per heavy atom. The van der Waals surface area contributed by atoms with Gasteiger partial charge in [-0.15, -0.1) is 0 Å². The monoisotopic (exact) mass is 358 g/mol. The molecule has 4 rings (SSSR count). The van der Waals surface area contributed by atoms with Crippen LogP contribution in [0.5, 0.6) is 0 Å². The first-order valence-corrected chi connectivity index (χ1v) is 9.59. The van der Waals surface area contributed by atoms with Crippen molar-refractivity contribution in [2.45, 2.75) is 32.1 Å². The largest absolute Gasteiger partial charge is 0.422 e. The number of fused-ring (bicyclic) bond motifs is 2. The number of benzene rings is 1. The lowest BCUT2D eigenvalue weighted by Gasteiger charge is -2.37. The third kappa shape index (κ3) is 2.92. The summed E-state index contributed by atoms with van der Waals surface area (Å²) >= 11 is 4.12. The van der Waals surface area contributed by atoms with Crippen molar-refractivity contribution in [3.63, 3.8) is 0 Å². The zero-order valence-electron chi connectivity index (χ0n) is 14.1. The fourth-order valence-corrected chi connectivity index (χ4v) is 4.14. The summed E-state index contributed by atoms with van der Waals surface area (Å²) in [5.41, 5.74) is 3.89. The first-order valence-electron chi connectivity index (χ1n) is 8.95. The van der Waals surface area contributed by atoms with Gasteiger partial charge >= 0.3 is 5.63 Å². The van der Waals surface area contributed by atoms with Crippen molar-refractivity contribution in [3.05, 3.63) is 39.2 Å². The summed E-state index contributed by atoms with van der Waals surface area (Å²) in [7, 11) is 0. The van der Waals surface area contributed by atoms with Gasteiger partial charge in [-0.2, -0.15) is 12.6 Å². The zero-order chi connectivity index (χ0) is 17.4. The molecule has 2 aliphatic rings. The summed E-state index contributed by atoms with van der Waals surface area (Å²) in [6.07, 6.45) is 4.94. The Bertz CT molecular complexity index is 888. The number of hydrogen-bond acceptors (Lipinski definition) is 5. The Labute approximate surface area is 151 Å². The topological polar surface area (TPSA) is 62.6 Å². The predicted molar refractivity (Wildman–Crippen MR) is 102 cm³/mol. The fraction of sp³-hybridized carbons (Fsp3) is 0.474. The minimum Gasteiger partial charge on any atom is -0.422 e. The first-order chi connectivity index (χ1) is 12.2. The van der Waals surface area contributed by atoms with Gasteiger partial charge in [0, 0.05) is 36.3 Å². The van der Waals surface area contributed by atoms with Gasteiger partial charge < -0.3 is 14.6 Å². The third-order valence-electron chi connectivity index (χ3n) is 5.08. The Hall–Kier alpha value is -1.95. The van der Waals surface area contributed by atoms with E-state index in [1.165, 1.54) is 11.3 Å². The van der Waals surface area contributed by atoms with E-state index in [0.717, 1.165) is 56.1 Å². The molecule has 132 valence electrons. The standard InChI is InChI=1S/C19H22N2O3S/c22-18(20-6-3-9-25)15-11-13-10-12-4-1-7-21-8-2-5-14(16(12)21)17(13)24-19(15)23/h10-11,25H,1-9H2,(H,20,22). The van der Waals surface area contributed by atoms with Gasteiger partial charge in [0.2, 0.25) is 0 Å². The second-order valence-electron chi connectivity index (χ2n) is 6.76. The average Bonchev–Trinajstić information content (AvgIpc) is 2.62. The highest BCUT2D eigenvalue weighted by Gasteiger charge is 2.27. The molecule has 1 aromatic carbocycles. The highest BCUT2D eigenvalue weighted by atomic mass is 32.1. The second-order valence-corrected chi connectivity index (χ2v) is 7.20. The van der Waals surface area contributed by atoms with E-state index in [4.69, 9.17) is 4.42 Å². The number of nitrogens with zero attached hydrogens (tertiary/aromatic N) is 1. The van der Waals surface area contributed by atoms with Crippen molar-refractivity contribution in [3.8, 4) is 0 Å². The van der Waals surface area contributed by atoms with Crippen LogP contribution >= 0.6 is 12.6 Å². The molecule has 1 N–H and O–H groups in total. The van der Waals surface area contributed by atoms with Crippen LogP contribution in [0, 0.1) is 0 Å². The number of aryl methyl sites for hydroxylation is 2. The van der Waals surface area contributed by atoms with E-state index in [9.17, 15) is 9.59 Å². The number of hydrogen-bond donors (Lipinski definition) is 2. The number of carbonyl (C=O) groups is 1. The normalized spacial score (nSPS) is 16.0. The van der Waals surface area contributed by atoms with Crippen LogP contribution < -0.4 is 15.8 Å². The summed E-state index contributed by atoms with van der Waals surface area (Å²) in [5, 5.41) is 3.62. The molecule has 0 radical (unpaired) electrons. The Kier molecular flexibility index (Phi) is 4.46. The lowest BCUT2D eigenvalue weighted by molar-refractivity contribution is 0.0950. The van der Waals surface area contributed by atoms with Crippen molar-refractivity contribution < 1.29 is 9.21 Å². The lowest BCUT2D eigenvalue weighted by Crippen LogP contribution is -2.34. The zero-order valence-corrected chi connectivity index (χ0v) is 15.0. The van der Waals surface area contributed by atoms with Crippen LogP contribution in [-0.2, 0) is 12.8 Å². The van der Waals surface area contributed by atoms with Crippen molar-refractivity contribution >= 4 is 35.2 Å². The van der Waals surface area contributed by atoms with Crippen LogP contribution in [0.4, 0.5) is 5.69 Å². The van der Waals surface area contributed by atoms with Crippen LogP contribution in [0.15, 0.2) is 21.3 Å². The number of rotatable bonds is 4. The molecule has 25 heavy (non-hydrogen) atoms. The molecule has 3 heterocycles. The van der Waals surface area contributed by atoms with E-state index >= 15 is 0 Å². The van der Waals surface area contributed by atoms with E-state index in [1.807, 2.05) is 0 Å². The molecule has 0 bridgehead atoms. The van der Waals surface area contributed by atoms with Crippen LogP contribution in [0.2, 0.25) is 0 Å². The maximum atomic E-state index is 12.4. The molecular formula is C19H22N2O3S. The van der Waals surface area contributed by atoms with E-state index in [0.29, 0.717) is 17.9 Å². The maximum Gasteiger partial charge on any atom is 0.349 e. The van der Waals surface area contributed by atoms with E-state index in [1.54, 1.807) is 6.07 Å². The molecule has 0 spiro atoms. The van der Waals surface area contributed by atoms with Gasteiger partial charge in [0.15, 0.2) is 0 Å². The van der Waals surface area contributed by atoms with Crippen LogP contribution in [0.25, 0.3) is 11.0 Å². The summed E-state index contributed by atoms with van der Waals surface area (Å²) in [4.78, 5) is 27.1. The second kappa shape index (κ2) is 6.75. The fourth-order valence-electron chi connectivity index (χ4n) is 3.98. The van der Waals surface area contributed by atoms with E-state index < -0.39 is 5.63 Å². The van der Waals surface area contributed by atoms with Crippen molar-refractivity contribution in [2.24, 2.45) is 0 Å². The molecule has 0 atom stereocenters. The summed E-state index contributed by atoms with van der Waals surface area (Å²) < 4.78 is 5.63. The minimum absolute atomic E-state index is 0.0855. The van der Waals surface area contributed by atoms with Gasteiger partial charge in [0.25, 0.3) is 5.91 Å². The van der Waals surface area contributed by atoms with Gasteiger partial charge in [0.05, 0.1) is 0 Å². The quantitative estimate of drug-likeness (QED) is 0.501. The number of carbonyl (C=O) groups excluding carboxylic acids is 1. The molecular weight excluding hydrogens is 336 g/mol. The molecule has 5 nitrogen and oxygen atoms in total. The molecule has 0 unspecified atom stereocenters. The molecule has 0 aliphatic carbocycles. The number of anilines is 1. The Morgan fingerprint density at radius 2 is 2.04 bits per heavy atom. The van der Waals surface area contributed by atoms with Gasteiger partial charge in [-0.1, -0.05) is 0 Å². The summed E-state index contributed by atoms with van der Waals surface area (Å²) in [5.74, 6) is 0.323. The average molecular weight is 358 g/mol. The van der Waals surface area contributed by atoms with E-state index in [-0.39, 0.29) is 11.5 Å². The smallest absolute Gasteiger partial charge is 0.349 e. The molecule has 0 saturated carbocycles. The maximum absolute atomic E-state index is 12.4. The van der Waals surface area contributed by atoms with Crippen LogP contribution in [0.3, 0.4) is 0 Å². The molecule has 1 aromatic heterocycles. The van der Waals surface area contributed by atoms with Gasteiger partial charge in [0.1, 0.15) is 11.1 Å². The van der Waals surface area contributed by atoms with Gasteiger partial charge in [-0.05, 0) is 55.6 Å². The molecule has 0 fully saturated rings. The van der Waals surface area contributed by atoms with Gasteiger partial charge in [-0.3, -0.25) is 4.79 Å². The Morgan fingerprint density at radius 3 is 2.84 bits per heavy atom. The first kappa shape index (κ1) is 16.5. The molecule has 1 amide bonds. The highest BCUT2D eigenvalue weighted by Crippen LogP contribution is 2.39. The molecule has 2 aliphatic heterocycles. The number of amides is 1. The molecule has 0 saturated heterocycles. The predicted octanol–water partition coefficient (Wildman–Crippen LogP) is 2.54. The molecule has 6 heteroatoms. The SMILES string of the molecule is O=C(NCCCS)c1cc2cc3c4c(c2oc1=O)CCCN4CCC3.